The lowest BCUT2D eigenvalue weighted by Gasteiger charge is -2.14. The largest absolute Gasteiger partial charge is 0.478 e. The molecule has 0 aliphatic carbocycles. The van der Waals surface area contributed by atoms with E-state index in [-0.39, 0.29) is 11.6 Å². The third kappa shape index (κ3) is 5.30. The maximum atomic E-state index is 11.9. The molecule has 0 aliphatic heterocycles. The van der Waals surface area contributed by atoms with E-state index in [0.717, 1.165) is 17.5 Å². The summed E-state index contributed by atoms with van der Waals surface area (Å²) >= 11 is 1.74. The van der Waals surface area contributed by atoms with Crippen molar-refractivity contribution in [1.82, 2.24) is 5.32 Å². The van der Waals surface area contributed by atoms with Crippen molar-refractivity contribution in [3.05, 3.63) is 28.8 Å². The number of carbonyl (C=O) groups excluding carboxylic acids is 1. The standard InChI is InChI=1S/C15H22N2O3S/c1-9-7-10(2)13(12(8-9)14(18)19)17-15(20)16-6-5-11(3)21-4/h7-8,11H,5-6H2,1-4H3,(H,18,19)(H2,16,17,20). The zero-order valence-corrected chi connectivity index (χ0v) is 13.6. The molecule has 0 spiro atoms. The molecular formula is C15H22N2O3S. The Balaban J connectivity index is 2.74. The van der Waals surface area contributed by atoms with Gasteiger partial charge in [0, 0.05) is 11.8 Å². The second kappa shape index (κ2) is 7.93. The molecule has 0 aliphatic rings. The molecule has 0 bridgehead atoms. The van der Waals surface area contributed by atoms with Crippen molar-refractivity contribution in [2.45, 2.75) is 32.4 Å². The molecule has 1 aromatic rings. The number of aryl methyl sites for hydroxylation is 2. The highest BCUT2D eigenvalue weighted by atomic mass is 32.2. The predicted octanol–water partition coefficient (Wildman–Crippen LogP) is 3.26. The highest BCUT2D eigenvalue weighted by molar-refractivity contribution is 7.99. The minimum atomic E-state index is -1.05. The smallest absolute Gasteiger partial charge is 0.337 e. The molecular weight excluding hydrogens is 288 g/mol. The zero-order valence-electron chi connectivity index (χ0n) is 12.8. The number of amides is 2. The number of carbonyl (C=O) groups is 2. The van der Waals surface area contributed by atoms with Gasteiger partial charge in [-0.3, -0.25) is 0 Å². The first kappa shape index (κ1) is 17.4. The third-order valence-corrected chi connectivity index (χ3v) is 4.23. The Labute approximate surface area is 129 Å². The minimum absolute atomic E-state index is 0.111. The fourth-order valence-electron chi connectivity index (χ4n) is 1.97. The number of carboxylic acid groups (broad SMARTS) is 1. The molecule has 0 fully saturated rings. The Hall–Kier alpha value is -1.69. The molecule has 0 saturated heterocycles. The van der Waals surface area contributed by atoms with E-state index in [0.29, 0.717) is 17.5 Å². The maximum absolute atomic E-state index is 11.9. The van der Waals surface area contributed by atoms with Gasteiger partial charge in [0.05, 0.1) is 11.3 Å². The van der Waals surface area contributed by atoms with Crippen molar-refractivity contribution in [2.75, 3.05) is 18.1 Å². The lowest BCUT2D eigenvalue weighted by molar-refractivity contribution is 0.0698. The topological polar surface area (TPSA) is 78.4 Å². The first-order chi connectivity index (χ1) is 9.85. The molecule has 1 atom stereocenters. The lowest BCUT2D eigenvalue weighted by Crippen LogP contribution is -2.31. The molecule has 0 heterocycles. The van der Waals surface area contributed by atoms with Gasteiger partial charge in [0.2, 0.25) is 0 Å². The fraction of sp³-hybridized carbons (Fsp3) is 0.467. The second-order valence-corrected chi connectivity index (χ2v) is 6.30. The Morgan fingerprint density at radius 2 is 2.00 bits per heavy atom. The summed E-state index contributed by atoms with van der Waals surface area (Å²) in [5.41, 5.74) is 2.05. The molecule has 0 saturated carbocycles. The number of rotatable bonds is 6. The van der Waals surface area contributed by atoms with Crippen LogP contribution in [0.2, 0.25) is 0 Å². The predicted molar refractivity (Wildman–Crippen MR) is 87.5 cm³/mol. The molecule has 0 aromatic heterocycles. The molecule has 0 radical (unpaired) electrons. The summed E-state index contributed by atoms with van der Waals surface area (Å²) in [6, 6.07) is 3.02. The first-order valence-electron chi connectivity index (χ1n) is 6.77. The van der Waals surface area contributed by atoms with Gasteiger partial charge in [-0.05, 0) is 43.7 Å². The number of carboxylic acids is 1. The monoisotopic (exact) mass is 310 g/mol. The van der Waals surface area contributed by atoms with Crippen LogP contribution < -0.4 is 10.6 Å². The van der Waals surface area contributed by atoms with Crippen molar-refractivity contribution in [3.63, 3.8) is 0 Å². The van der Waals surface area contributed by atoms with Gasteiger partial charge in [-0.1, -0.05) is 13.0 Å². The van der Waals surface area contributed by atoms with Crippen LogP contribution in [0.5, 0.6) is 0 Å². The summed E-state index contributed by atoms with van der Waals surface area (Å²) in [4.78, 5) is 23.1. The second-order valence-electron chi connectivity index (χ2n) is 5.03. The van der Waals surface area contributed by atoms with Gasteiger partial charge in [-0.25, -0.2) is 9.59 Å². The molecule has 21 heavy (non-hydrogen) atoms. The molecule has 2 amide bonds. The van der Waals surface area contributed by atoms with Gasteiger partial charge in [-0.15, -0.1) is 0 Å². The summed E-state index contributed by atoms with van der Waals surface area (Å²) in [7, 11) is 0. The highest BCUT2D eigenvalue weighted by Gasteiger charge is 2.15. The number of urea groups is 1. The van der Waals surface area contributed by atoms with Crippen molar-refractivity contribution < 1.29 is 14.7 Å². The van der Waals surface area contributed by atoms with Crippen LogP contribution in [-0.2, 0) is 0 Å². The van der Waals surface area contributed by atoms with Gasteiger partial charge in [-0.2, -0.15) is 11.8 Å². The third-order valence-electron chi connectivity index (χ3n) is 3.19. The van der Waals surface area contributed by atoms with E-state index in [9.17, 15) is 14.7 Å². The zero-order chi connectivity index (χ0) is 16.0. The fourth-order valence-corrected chi connectivity index (χ4v) is 2.32. The average molecular weight is 310 g/mol. The van der Waals surface area contributed by atoms with E-state index in [4.69, 9.17) is 0 Å². The van der Waals surface area contributed by atoms with Crippen molar-refractivity contribution in [2.24, 2.45) is 0 Å². The van der Waals surface area contributed by atoms with E-state index < -0.39 is 5.97 Å². The summed E-state index contributed by atoms with van der Waals surface area (Å²) in [6.45, 7) is 6.26. The number of aromatic carboxylic acids is 1. The lowest BCUT2D eigenvalue weighted by atomic mass is 10.0. The van der Waals surface area contributed by atoms with Crippen LogP contribution in [0.4, 0.5) is 10.5 Å². The van der Waals surface area contributed by atoms with E-state index in [1.54, 1.807) is 24.8 Å². The molecule has 1 aromatic carbocycles. The van der Waals surface area contributed by atoms with Crippen LogP contribution in [0.15, 0.2) is 12.1 Å². The van der Waals surface area contributed by atoms with Gasteiger partial charge < -0.3 is 15.7 Å². The van der Waals surface area contributed by atoms with Crippen molar-refractivity contribution >= 4 is 29.4 Å². The summed E-state index contributed by atoms with van der Waals surface area (Å²) in [6.07, 6.45) is 2.90. The van der Waals surface area contributed by atoms with Crippen LogP contribution in [0.1, 0.15) is 34.8 Å². The molecule has 3 N–H and O–H groups in total. The summed E-state index contributed by atoms with van der Waals surface area (Å²) < 4.78 is 0. The van der Waals surface area contributed by atoms with Crippen LogP contribution >= 0.6 is 11.8 Å². The summed E-state index contributed by atoms with van der Waals surface area (Å²) in [5.74, 6) is -1.05. The van der Waals surface area contributed by atoms with E-state index in [1.165, 1.54) is 0 Å². The molecule has 6 heteroatoms. The first-order valence-corrected chi connectivity index (χ1v) is 8.06. The van der Waals surface area contributed by atoms with Crippen LogP contribution in [0.3, 0.4) is 0 Å². The van der Waals surface area contributed by atoms with Crippen LogP contribution in [-0.4, -0.2) is 35.2 Å². The van der Waals surface area contributed by atoms with Gasteiger partial charge in [0.1, 0.15) is 0 Å². The van der Waals surface area contributed by atoms with Gasteiger partial charge >= 0.3 is 12.0 Å². The van der Waals surface area contributed by atoms with Gasteiger partial charge in [0.25, 0.3) is 0 Å². The normalized spacial score (nSPS) is 11.8. The van der Waals surface area contributed by atoms with E-state index >= 15 is 0 Å². The average Bonchev–Trinajstić information content (AvgIpc) is 2.41. The molecule has 1 unspecified atom stereocenters. The number of thioether (sulfide) groups is 1. The number of benzene rings is 1. The number of hydrogen-bond acceptors (Lipinski definition) is 3. The molecule has 1 rings (SSSR count). The SMILES string of the molecule is CSC(C)CCNC(=O)Nc1c(C)cc(C)cc1C(=O)O. The highest BCUT2D eigenvalue weighted by Crippen LogP contribution is 2.22. The van der Waals surface area contributed by atoms with Crippen LogP contribution in [0, 0.1) is 13.8 Å². The van der Waals surface area contributed by atoms with E-state index in [2.05, 4.69) is 17.6 Å². The minimum Gasteiger partial charge on any atom is -0.478 e. The van der Waals surface area contributed by atoms with Gasteiger partial charge in [0.15, 0.2) is 0 Å². The Kier molecular flexibility index (Phi) is 6.55. The number of anilines is 1. The maximum Gasteiger partial charge on any atom is 0.337 e. The molecule has 5 nitrogen and oxygen atoms in total. The molecule has 116 valence electrons. The van der Waals surface area contributed by atoms with E-state index in [1.807, 2.05) is 19.2 Å². The van der Waals surface area contributed by atoms with Crippen LogP contribution in [0.25, 0.3) is 0 Å². The Morgan fingerprint density at radius 1 is 1.33 bits per heavy atom. The Morgan fingerprint density at radius 3 is 2.57 bits per heavy atom. The summed E-state index contributed by atoms with van der Waals surface area (Å²) in [5, 5.41) is 15.1. The Bertz CT molecular complexity index is 532. The number of nitrogens with one attached hydrogen (secondary N) is 2. The number of hydrogen-bond donors (Lipinski definition) is 3. The quantitative estimate of drug-likeness (QED) is 0.753. The van der Waals surface area contributed by atoms with Crippen molar-refractivity contribution in [1.29, 1.82) is 0 Å². The van der Waals surface area contributed by atoms with Crippen molar-refractivity contribution in [3.8, 4) is 0 Å².